The third-order valence-electron chi connectivity index (χ3n) is 2.68. The highest BCUT2D eigenvalue weighted by Gasteiger charge is 2.14. The summed E-state index contributed by atoms with van der Waals surface area (Å²) in [6.45, 7) is 1.83. The molecule has 20 heavy (non-hydrogen) atoms. The lowest BCUT2D eigenvalue weighted by atomic mass is 10.0. The normalized spacial score (nSPS) is 12.3. The van der Waals surface area contributed by atoms with Crippen LogP contribution in [0.25, 0.3) is 11.5 Å². The van der Waals surface area contributed by atoms with Gasteiger partial charge in [-0.1, -0.05) is 18.5 Å². The summed E-state index contributed by atoms with van der Waals surface area (Å²) in [6, 6.07) is 5.31. The quantitative estimate of drug-likeness (QED) is 0.878. The molecule has 0 radical (unpaired) electrons. The summed E-state index contributed by atoms with van der Waals surface area (Å²) in [7, 11) is 0. The number of nitrogens with zero attached hydrogens (tertiary/aromatic N) is 2. The summed E-state index contributed by atoms with van der Waals surface area (Å²) in [4.78, 5) is 10.6. The number of aromatic nitrogens is 2. The lowest BCUT2D eigenvalue weighted by Crippen LogP contribution is -2.07. The molecule has 0 fully saturated rings. The molecule has 2 rings (SSSR count). The molecule has 0 bridgehead atoms. The molecule has 1 aromatic heterocycles. The molecule has 0 amide bonds. The average molecular weight is 360 g/mol. The zero-order chi connectivity index (χ0) is 14.7. The van der Waals surface area contributed by atoms with Crippen molar-refractivity contribution < 1.29 is 14.3 Å². The van der Waals surface area contributed by atoms with E-state index in [0.29, 0.717) is 23.2 Å². The summed E-state index contributed by atoms with van der Waals surface area (Å²) < 4.78 is 6.28. The third kappa shape index (κ3) is 3.80. The van der Waals surface area contributed by atoms with Gasteiger partial charge >= 0.3 is 5.97 Å². The molecule has 0 saturated carbocycles. The van der Waals surface area contributed by atoms with Crippen molar-refractivity contribution in [3.63, 3.8) is 0 Å². The van der Waals surface area contributed by atoms with Crippen LogP contribution in [0.4, 0.5) is 0 Å². The number of benzene rings is 1. The highest BCUT2D eigenvalue weighted by molar-refractivity contribution is 9.10. The van der Waals surface area contributed by atoms with E-state index in [1.54, 1.807) is 18.2 Å². The molecule has 7 heteroatoms. The Hall–Kier alpha value is -1.40. The monoisotopic (exact) mass is 358 g/mol. The van der Waals surface area contributed by atoms with Gasteiger partial charge in [0, 0.05) is 22.9 Å². The van der Waals surface area contributed by atoms with Crippen LogP contribution in [0.3, 0.4) is 0 Å². The lowest BCUT2D eigenvalue weighted by Gasteiger charge is -2.03. The van der Waals surface area contributed by atoms with Crippen molar-refractivity contribution in [3.8, 4) is 11.5 Å². The molecule has 1 heterocycles. The molecule has 0 aliphatic rings. The van der Waals surface area contributed by atoms with Gasteiger partial charge in [0.1, 0.15) is 0 Å². The fraction of sp³-hybridized carbons (Fsp3) is 0.308. The Morgan fingerprint density at radius 2 is 2.25 bits per heavy atom. The highest BCUT2D eigenvalue weighted by atomic mass is 79.9. The minimum absolute atomic E-state index is 0.0576. The second kappa shape index (κ2) is 6.37. The molecule has 0 aliphatic heterocycles. The molecular weight excluding hydrogens is 348 g/mol. The zero-order valence-electron chi connectivity index (χ0n) is 10.6. The summed E-state index contributed by atoms with van der Waals surface area (Å²) in [6.07, 6.45) is 0.512. The molecule has 0 aliphatic carbocycles. The van der Waals surface area contributed by atoms with E-state index >= 15 is 0 Å². The van der Waals surface area contributed by atoms with Crippen molar-refractivity contribution in [1.29, 1.82) is 0 Å². The molecule has 0 spiro atoms. The molecule has 0 saturated heterocycles. The topological polar surface area (TPSA) is 76.2 Å². The van der Waals surface area contributed by atoms with Gasteiger partial charge in [0.2, 0.25) is 11.8 Å². The predicted octanol–water partition coefficient (Wildman–Crippen LogP) is 3.81. The van der Waals surface area contributed by atoms with E-state index in [1.807, 2.05) is 6.92 Å². The van der Waals surface area contributed by atoms with Gasteiger partial charge < -0.3 is 9.52 Å². The smallest absolute Gasteiger partial charge is 0.303 e. The number of rotatable bonds is 5. The van der Waals surface area contributed by atoms with Crippen LogP contribution in [0.1, 0.15) is 19.2 Å². The predicted molar refractivity (Wildman–Crippen MR) is 77.6 cm³/mol. The number of hydrogen-bond donors (Lipinski definition) is 1. The second-order valence-corrected chi connectivity index (χ2v) is 5.80. The summed E-state index contributed by atoms with van der Waals surface area (Å²) in [5.74, 6) is -0.0728. The number of halogens is 2. The van der Waals surface area contributed by atoms with Crippen LogP contribution in [-0.4, -0.2) is 21.3 Å². The number of carboxylic acids is 1. The molecule has 1 atom stereocenters. The third-order valence-corrected chi connectivity index (χ3v) is 3.89. The number of hydrogen-bond acceptors (Lipinski definition) is 4. The standard InChI is InChI=1S/C13H12BrClN2O3/c1-7(5-12(18)19)4-11-16-17-13(20-11)8-2-3-10(15)9(14)6-8/h2-3,6-7H,4-5H2,1H3,(H,18,19). The second-order valence-electron chi connectivity index (χ2n) is 4.54. The molecule has 1 N–H and O–H groups in total. The van der Waals surface area contributed by atoms with E-state index in [4.69, 9.17) is 21.1 Å². The fourth-order valence-corrected chi connectivity index (χ4v) is 2.25. The van der Waals surface area contributed by atoms with Gasteiger partial charge in [-0.25, -0.2) is 0 Å². The van der Waals surface area contributed by atoms with Crippen molar-refractivity contribution in [1.82, 2.24) is 10.2 Å². The van der Waals surface area contributed by atoms with Gasteiger partial charge in [-0.05, 0) is 40.0 Å². The van der Waals surface area contributed by atoms with Crippen molar-refractivity contribution in [3.05, 3.63) is 33.6 Å². The van der Waals surface area contributed by atoms with Crippen LogP contribution in [0.2, 0.25) is 5.02 Å². The molecular formula is C13H12BrClN2O3. The zero-order valence-corrected chi connectivity index (χ0v) is 13.0. The van der Waals surface area contributed by atoms with Gasteiger partial charge in [0.15, 0.2) is 0 Å². The van der Waals surface area contributed by atoms with Crippen LogP contribution in [0, 0.1) is 5.92 Å². The van der Waals surface area contributed by atoms with Crippen molar-refractivity contribution in [2.24, 2.45) is 5.92 Å². The van der Waals surface area contributed by atoms with Gasteiger partial charge in [0.25, 0.3) is 0 Å². The molecule has 106 valence electrons. The Morgan fingerprint density at radius 1 is 1.50 bits per heavy atom. The summed E-state index contributed by atoms with van der Waals surface area (Å²) in [5.41, 5.74) is 0.755. The first kappa shape index (κ1) is 15.0. The first-order chi connectivity index (χ1) is 9.45. The van der Waals surface area contributed by atoms with Gasteiger partial charge in [0.05, 0.1) is 5.02 Å². The first-order valence-electron chi connectivity index (χ1n) is 5.95. The molecule has 1 unspecified atom stereocenters. The summed E-state index contributed by atoms with van der Waals surface area (Å²) >= 11 is 9.25. The number of carboxylic acid groups (broad SMARTS) is 1. The lowest BCUT2D eigenvalue weighted by molar-refractivity contribution is -0.137. The first-order valence-corrected chi connectivity index (χ1v) is 7.12. The van der Waals surface area contributed by atoms with E-state index in [0.717, 1.165) is 10.0 Å². The van der Waals surface area contributed by atoms with E-state index in [2.05, 4.69) is 26.1 Å². The SMILES string of the molecule is CC(CC(=O)O)Cc1nnc(-c2ccc(Cl)c(Br)c2)o1. The van der Waals surface area contributed by atoms with E-state index in [-0.39, 0.29) is 12.3 Å². The van der Waals surface area contributed by atoms with Crippen LogP contribution < -0.4 is 0 Å². The minimum Gasteiger partial charge on any atom is -0.481 e. The number of aliphatic carboxylic acids is 1. The summed E-state index contributed by atoms with van der Waals surface area (Å²) in [5, 5.41) is 17.2. The van der Waals surface area contributed by atoms with E-state index in [1.165, 1.54) is 0 Å². The molecule has 5 nitrogen and oxygen atoms in total. The highest BCUT2D eigenvalue weighted by Crippen LogP contribution is 2.28. The maximum absolute atomic E-state index is 10.6. The van der Waals surface area contributed by atoms with Crippen LogP contribution in [0.5, 0.6) is 0 Å². The van der Waals surface area contributed by atoms with Gasteiger partial charge in [-0.3, -0.25) is 4.79 Å². The molecule has 2 aromatic rings. The number of carbonyl (C=O) groups is 1. The fourth-order valence-electron chi connectivity index (χ4n) is 1.75. The van der Waals surface area contributed by atoms with E-state index in [9.17, 15) is 4.79 Å². The Labute approximate surface area is 129 Å². The Morgan fingerprint density at radius 3 is 2.90 bits per heavy atom. The maximum atomic E-state index is 10.6. The van der Waals surface area contributed by atoms with Crippen LogP contribution in [-0.2, 0) is 11.2 Å². The van der Waals surface area contributed by atoms with E-state index < -0.39 is 5.97 Å². The van der Waals surface area contributed by atoms with Crippen LogP contribution >= 0.6 is 27.5 Å². The Balaban J connectivity index is 2.12. The van der Waals surface area contributed by atoms with Crippen molar-refractivity contribution >= 4 is 33.5 Å². The maximum Gasteiger partial charge on any atom is 0.303 e. The molecule has 1 aromatic carbocycles. The van der Waals surface area contributed by atoms with Gasteiger partial charge in [-0.15, -0.1) is 10.2 Å². The van der Waals surface area contributed by atoms with Gasteiger partial charge in [-0.2, -0.15) is 0 Å². The minimum atomic E-state index is -0.834. The van der Waals surface area contributed by atoms with Crippen molar-refractivity contribution in [2.45, 2.75) is 19.8 Å². The Kier molecular flexibility index (Phi) is 4.77. The Bertz CT molecular complexity index is 630. The van der Waals surface area contributed by atoms with Crippen LogP contribution in [0.15, 0.2) is 27.1 Å². The average Bonchev–Trinajstić information content (AvgIpc) is 2.80. The largest absolute Gasteiger partial charge is 0.481 e. The van der Waals surface area contributed by atoms with Crippen molar-refractivity contribution in [2.75, 3.05) is 0 Å².